The number of aromatic nitrogens is 4. The van der Waals surface area contributed by atoms with Crippen LogP contribution in [0.3, 0.4) is 0 Å². The fourth-order valence-corrected chi connectivity index (χ4v) is 3.56. The second-order valence-electron chi connectivity index (χ2n) is 7.58. The highest BCUT2D eigenvalue weighted by Crippen LogP contribution is 2.26. The van der Waals surface area contributed by atoms with Gasteiger partial charge in [-0.1, -0.05) is 72.8 Å². The lowest BCUT2D eigenvalue weighted by Crippen LogP contribution is -2.09. The number of fused-ring (bicyclic) bond motifs is 1. The molecule has 5 rings (SSSR count). The number of hydrogen-bond donors (Lipinski definition) is 1. The van der Waals surface area contributed by atoms with E-state index in [1.165, 1.54) is 24.3 Å². The summed E-state index contributed by atoms with van der Waals surface area (Å²) in [6, 6.07) is 27.4. The van der Waals surface area contributed by atoms with E-state index in [-0.39, 0.29) is 11.6 Å². The van der Waals surface area contributed by atoms with Crippen molar-refractivity contribution in [2.75, 3.05) is 5.32 Å². The molecule has 5 aromatic rings. The first-order valence-electron chi connectivity index (χ1n) is 10.7. The summed E-state index contributed by atoms with van der Waals surface area (Å²) in [5.41, 5.74) is 3.83. The molecule has 2 heterocycles. The zero-order valence-electron chi connectivity index (χ0n) is 18.3. The van der Waals surface area contributed by atoms with E-state index in [0.717, 1.165) is 22.5 Å². The van der Waals surface area contributed by atoms with Crippen molar-refractivity contribution in [2.45, 2.75) is 0 Å². The lowest BCUT2D eigenvalue weighted by Gasteiger charge is -2.07. The van der Waals surface area contributed by atoms with Gasteiger partial charge in [-0.3, -0.25) is 20.2 Å². The van der Waals surface area contributed by atoms with E-state index in [1.807, 2.05) is 66.7 Å². The molecule has 0 saturated heterocycles. The van der Waals surface area contributed by atoms with Gasteiger partial charge in [0.15, 0.2) is 0 Å². The average Bonchev–Trinajstić information content (AvgIpc) is 3.30. The molecular weight excluding hydrogens is 444 g/mol. The van der Waals surface area contributed by atoms with Gasteiger partial charge in [0, 0.05) is 29.3 Å². The average molecular weight is 462 g/mol. The van der Waals surface area contributed by atoms with E-state index in [0.29, 0.717) is 11.3 Å². The molecule has 9 heteroatoms. The first-order valence-corrected chi connectivity index (χ1v) is 10.7. The van der Waals surface area contributed by atoms with E-state index >= 15 is 0 Å². The number of rotatable bonds is 6. The molecule has 0 spiro atoms. The molecule has 0 unspecified atom stereocenters. The number of nitro benzene ring substituents is 1. The van der Waals surface area contributed by atoms with Crippen molar-refractivity contribution in [2.24, 2.45) is 0 Å². The highest BCUT2D eigenvalue weighted by Gasteiger charge is 2.14. The van der Waals surface area contributed by atoms with E-state index in [9.17, 15) is 14.9 Å². The summed E-state index contributed by atoms with van der Waals surface area (Å²) in [5, 5.41) is 18.0. The molecule has 0 radical (unpaired) electrons. The zero-order chi connectivity index (χ0) is 24.2. The van der Waals surface area contributed by atoms with E-state index < -0.39 is 10.8 Å². The van der Waals surface area contributed by atoms with Crippen molar-refractivity contribution >= 4 is 29.4 Å². The third kappa shape index (κ3) is 4.79. The van der Waals surface area contributed by atoms with Crippen LogP contribution in [0, 0.1) is 10.1 Å². The van der Waals surface area contributed by atoms with Crippen LogP contribution in [0.1, 0.15) is 5.56 Å². The number of nitrogens with zero attached hydrogens (tertiary/aromatic N) is 5. The summed E-state index contributed by atoms with van der Waals surface area (Å²) in [5.74, 6) is -0.0475. The van der Waals surface area contributed by atoms with Crippen molar-refractivity contribution in [1.82, 2.24) is 19.6 Å². The Balaban J connectivity index is 1.47. The van der Waals surface area contributed by atoms with Crippen LogP contribution in [-0.4, -0.2) is 30.4 Å². The molecule has 0 saturated carbocycles. The Labute approximate surface area is 199 Å². The minimum Gasteiger partial charge on any atom is -0.290 e. The maximum atomic E-state index is 12.5. The van der Waals surface area contributed by atoms with Gasteiger partial charge in [0.1, 0.15) is 0 Å². The summed E-state index contributed by atoms with van der Waals surface area (Å²) in [4.78, 5) is 32.0. The number of nitrogens with one attached hydrogen (secondary N) is 1. The van der Waals surface area contributed by atoms with Crippen LogP contribution in [0.4, 0.5) is 11.6 Å². The topological polar surface area (TPSA) is 115 Å². The third-order valence-electron chi connectivity index (χ3n) is 5.19. The maximum absolute atomic E-state index is 12.5. The summed E-state index contributed by atoms with van der Waals surface area (Å²) in [6.07, 6.45) is 2.75. The minimum absolute atomic E-state index is 0.0525. The van der Waals surface area contributed by atoms with Gasteiger partial charge in [0.25, 0.3) is 23.3 Å². The largest absolute Gasteiger partial charge is 0.290 e. The van der Waals surface area contributed by atoms with E-state index in [4.69, 9.17) is 0 Å². The molecule has 0 atom stereocenters. The van der Waals surface area contributed by atoms with Crippen molar-refractivity contribution in [3.63, 3.8) is 0 Å². The van der Waals surface area contributed by atoms with Crippen LogP contribution in [-0.2, 0) is 4.79 Å². The molecular formula is C26H18N6O3. The quantitative estimate of drug-likeness (QED) is 0.215. The normalized spacial score (nSPS) is 11.1. The molecule has 0 aliphatic heterocycles. The van der Waals surface area contributed by atoms with Crippen molar-refractivity contribution in [1.29, 1.82) is 0 Å². The first-order chi connectivity index (χ1) is 17.1. The predicted octanol–water partition coefficient (Wildman–Crippen LogP) is 5.02. The molecule has 0 aliphatic rings. The van der Waals surface area contributed by atoms with Crippen LogP contribution in [0.25, 0.3) is 34.4 Å². The highest BCUT2D eigenvalue weighted by atomic mass is 16.6. The SMILES string of the molecule is O=C(C=Cc1cccc([N+](=O)[O-])c1)Nc1nc2nc(-c3ccccc3)cc(-c3ccccc3)n2n1. The maximum Gasteiger partial charge on any atom is 0.270 e. The number of amides is 1. The molecule has 35 heavy (non-hydrogen) atoms. The van der Waals surface area contributed by atoms with Gasteiger partial charge in [-0.15, -0.1) is 5.10 Å². The number of non-ortho nitro benzene ring substituents is 1. The monoisotopic (exact) mass is 462 g/mol. The van der Waals surface area contributed by atoms with Crippen LogP contribution >= 0.6 is 0 Å². The Kier molecular flexibility index (Phi) is 5.79. The van der Waals surface area contributed by atoms with Gasteiger partial charge in [-0.2, -0.15) is 9.50 Å². The van der Waals surface area contributed by atoms with Gasteiger partial charge < -0.3 is 0 Å². The molecule has 0 aliphatic carbocycles. The predicted molar refractivity (Wildman–Crippen MR) is 132 cm³/mol. The van der Waals surface area contributed by atoms with E-state index in [1.54, 1.807) is 16.6 Å². The van der Waals surface area contributed by atoms with Gasteiger partial charge in [-0.05, 0) is 17.7 Å². The number of benzene rings is 3. The minimum atomic E-state index is -0.487. The zero-order valence-corrected chi connectivity index (χ0v) is 18.3. The lowest BCUT2D eigenvalue weighted by molar-refractivity contribution is -0.384. The molecule has 2 aromatic heterocycles. The fourth-order valence-electron chi connectivity index (χ4n) is 3.56. The standard InChI is InChI=1S/C26H18N6O3/c33-24(15-14-18-8-7-13-21(16-18)32(34)35)28-25-29-26-27-22(19-9-3-1-4-10-19)17-23(31(26)30-25)20-11-5-2-6-12-20/h1-17H,(H,28,30,33). The van der Waals surface area contributed by atoms with Crippen LogP contribution in [0.15, 0.2) is 97.1 Å². The number of nitro groups is 1. The third-order valence-corrected chi connectivity index (χ3v) is 5.19. The molecule has 1 N–H and O–H groups in total. The molecule has 0 fully saturated rings. The summed E-state index contributed by atoms with van der Waals surface area (Å²) < 4.78 is 1.58. The number of anilines is 1. The second kappa shape index (κ2) is 9.36. The lowest BCUT2D eigenvalue weighted by atomic mass is 10.1. The Morgan fingerprint density at radius 1 is 0.886 bits per heavy atom. The highest BCUT2D eigenvalue weighted by molar-refractivity contribution is 6.01. The Bertz CT molecular complexity index is 1560. The summed E-state index contributed by atoms with van der Waals surface area (Å²) >= 11 is 0. The Morgan fingerprint density at radius 3 is 2.31 bits per heavy atom. The number of carbonyl (C=O) groups is 1. The molecule has 1 amide bonds. The van der Waals surface area contributed by atoms with E-state index in [2.05, 4.69) is 20.4 Å². The Morgan fingerprint density at radius 2 is 1.60 bits per heavy atom. The molecule has 3 aromatic carbocycles. The van der Waals surface area contributed by atoms with Gasteiger partial charge in [0.05, 0.1) is 16.3 Å². The van der Waals surface area contributed by atoms with Crippen LogP contribution in [0.5, 0.6) is 0 Å². The first kappa shape index (κ1) is 21.7. The smallest absolute Gasteiger partial charge is 0.270 e. The molecule has 9 nitrogen and oxygen atoms in total. The fraction of sp³-hybridized carbons (Fsp3) is 0. The van der Waals surface area contributed by atoms with Crippen LogP contribution < -0.4 is 5.32 Å². The van der Waals surface area contributed by atoms with Crippen LogP contribution in [0.2, 0.25) is 0 Å². The van der Waals surface area contributed by atoms with Crippen molar-refractivity contribution in [3.05, 3.63) is 113 Å². The van der Waals surface area contributed by atoms with Crippen molar-refractivity contribution in [3.8, 4) is 22.5 Å². The molecule has 0 bridgehead atoms. The summed E-state index contributed by atoms with van der Waals surface area (Å²) in [7, 11) is 0. The van der Waals surface area contributed by atoms with Gasteiger partial charge in [0.2, 0.25) is 0 Å². The Hall–Kier alpha value is -5.18. The van der Waals surface area contributed by atoms with Gasteiger partial charge in [-0.25, -0.2) is 4.98 Å². The van der Waals surface area contributed by atoms with Crippen molar-refractivity contribution < 1.29 is 9.72 Å². The summed E-state index contributed by atoms with van der Waals surface area (Å²) in [6.45, 7) is 0. The number of hydrogen-bond acceptors (Lipinski definition) is 6. The molecule has 170 valence electrons. The number of carbonyl (C=O) groups excluding carboxylic acids is 1. The second-order valence-corrected chi connectivity index (χ2v) is 7.58. The van der Waals surface area contributed by atoms with Gasteiger partial charge >= 0.3 is 0 Å².